The molecule has 0 spiro atoms. The van der Waals surface area contributed by atoms with Gasteiger partial charge in [-0.2, -0.15) is 4.31 Å². The van der Waals surface area contributed by atoms with E-state index in [2.05, 4.69) is 29.4 Å². The fourth-order valence-electron chi connectivity index (χ4n) is 3.49. The van der Waals surface area contributed by atoms with E-state index in [9.17, 15) is 13.2 Å². The van der Waals surface area contributed by atoms with Gasteiger partial charge < -0.3 is 0 Å². The Morgan fingerprint density at radius 1 is 1.17 bits per heavy atom. The van der Waals surface area contributed by atoms with E-state index in [0.29, 0.717) is 30.1 Å². The van der Waals surface area contributed by atoms with E-state index in [4.69, 9.17) is 0 Å². The summed E-state index contributed by atoms with van der Waals surface area (Å²) in [6.45, 7) is 11.2. The second kappa shape index (κ2) is 8.12. The smallest absolute Gasteiger partial charge is 0.257 e. The maximum atomic E-state index is 13.1. The molecule has 0 radical (unpaired) electrons. The summed E-state index contributed by atoms with van der Waals surface area (Å²) in [4.78, 5) is 12.8. The highest BCUT2D eigenvalue weighted by Crippen LogP contribution is 2.29. The van der Waals surface area contributed by atoms with Crippen LogP contribution in [0.4, 0.5) is 5.13 Å². The van der Waals surface area contributed by atoms with Crippen LogP contribution in [0.25, 0.3) is 0 Å². The number of hydrogen-bond donors (Lipinski definition) is 1. The highest BCUT2D eigenvalue weighted by Gasteiger charge is 2.32. The van der Waals surface area contributed by atoms with E-state index < -0.39 is 15.9 Å². The molecular formula is C20H28N4O3S2. The van der Waals surface area contributed by atoms with Crippen molar-refractivity contribution in [3.05, 3.63) is 34.8 Å². The third-order valence-electron chi connectivity index (χ3n) is 4.86. The van der Waals surface area contributed by atoms with Crippen LogP contribution in [-0.4, -0.2) is 41.9 Å². The lowest BCUT2D eigenvalue weighted by Crippen LogP contribution is -2.42. The molecule has 0 bridgehead atoms. The van der Waals surface area contributed by atoms with Crippen LogP contribution < -0.4 is 5.32 Å². The van der Waals surface area contributed by atoms with Gasteiger partial charge in [-0.05, 0) is 36.5 Å². The van der Waals surface area contributed by atoms with E-state index in [1.165, 1.54) is 21.7 Å². The molecule has 0 saturated carbocycles. The minimum absolute atomic E-state index is 0.138. The number of nitrogens with zero attached hydrogens (tertiary/aromatic N) is 3. The van der Waals surface area contributed by atoms with Crippen LogP contribution in [0.1, 0.15) is 56.4 Å². The molecule has 1 N–H and O–H groups in total. The highest BCUT2D eigenvalue weighted by molar-refractivity contribution is 7.89. The van der Waals surface area contributed by atoms with E-state index in [-0.39, 0.29) is 15.9 Å². The summed E-state index contributed by atoms with van der Waals surface area (Å²) in [5, 5.41) is 12.1. The number of rotatable bonds is 4. The van der Waals surface area contributed by atoms with E-state index >= 15 is 0 Å². The Bertz CT molecular complexity index is 985. The lowest BCUT2D eigenvalue weighted by molar-refractivity contribution is 0.102. The second-order valence-corrected chi connectivity index (χ2v) is 11.8. The van der Waals surface area contributed by atoms with Crippen LogP contribution in [0, 0.1) is 11.8 Å². The molecule has 2 heterocycles. The number of hydrogen-bond acceptors (Lipinski definition) is 6. The fourth-order valence-corrected chi connectivity index (χ4v) is 6.02. The quantitative estimate of drug-likeness (QED) is 0.788. The van der Waals surface area contributed by atoms with Crippen molar-refractivity contribution in [3.63, 3.8) is 0 Å². The lowest BCUT2D eigenvalue weighted by atomic mass is 9.94. The number of amides is 1. The number of benzene rings is 1. The zero-order chi connectivity index (χ0) is 21.4. The Labute approximate surface area is 176 Å². The Hall–Kier alpha value is -1.84. The highest BCUT2D eigenvalue weighted by atomic mass is 32.2. The van der Waals surface area contributed by atoms with Gasteiger partial charge in [0.15, 0.2) is 0 Å². The summed E-state index contributed by atoms with van der Waals surface area (Å²) in [6.07, 6.45) is 1.02. The third-order valence-corrected chi connectivity index (χ3v) is 7.95. The summed E-state index contributed by atoms with van der Waals surface area (Å²) in [5.41, 5.74) is 0.119. The molecule has 1 amide bonds. The van der Waals surface area contributed by atoms with Gasteiger partial charge in [0, 0.05) is 24.1 Å². The second-order valence-electron chi connectivity index (χ2n) is 8.91. The van der Waals surface area contributed by atoms with Crippen molar-refractivity contribution in [2.45, 2.75) is 51.3 Å². The lowest BCUT2D eigenvalue weighted by Gasteiger charge is -2.34. The van der Waals surface area contributed by atoms with Gasteiger partial charge in [-0.1, -0.05) is 52.0 Å². The van der Waals surface area contributed by atoms with Gasteiger partial charge in [0.25, 0.3) is 5.91 Å². The third kappa shape index (κ3) is 5.02. The molecule has 7 nitrogen and oxygen atoms in total. The van der Waals surface area contributed by atoms with Crippen LogP contribution in [-0.2, 0) is 15.4 Å². The molecule has 2 unspecified atom stereocenters. The molecule has 1 aliphatic rings. The molecule has 1 aromatic carbocycles. The van der Waals surface area contributed by atoms with E-state index in [0.717, 1.165) is 11.4 Å². The van der Waals surface area contributed by atoms with Crippen molar-refractivity contribution in [2.24, 2.45) is 11.8 Å². The number of piperidine rings is 1. The predicted octanol–water partition coefficient (Wildman–Crippen LogP) is 3.75. The average molecular weight is 437 g/mol. The molecular weight excluding hydrogens is 408 g/mol. The maximum Gasteiger partial charge on any atom is 0.257 e. The molecule has 9 heteroatoms. The molecule has 1 saturated heterocycles. The number of nitrogens with one attached hydrogen (secondary N) is 1. The van der Waals surface area contributed by atoms with Crippen molar-refractivity contribution in [1.82, 2.24) is 14.5 Å². The van der Waals surface area contributed by atoms with Gasteiger partial charge in [-0.3, -0.25) is 10.1 Å². The Kier molecular flexibility index (Phi) is 6.12. The first-order valence-corrected chi connectivity index (χ1v) is 12.0. The van der Waals surface area contributed by atoms with Crippen LogP contribution in [0.3, 0.4) is 0 Å². The van der Waals surface area contributed by atoms with Crippen molar-refractivity contribution in [1.29, 1.82) is 0 Å². The maximum absolute atomic E-state index is 13.1. The molecule has 158 valence electrons. The first kappa shape index (κ1) is 21.9. The SMILES string of the molecule is CC1CC(C)CN(S(=O)(=O)c2cccc(C(=O)Nc3nnc(C(C)(C)C)s3)c2)C1. The number of anilines is 1. The molecule has 1 fully saturated rings. The number of aromatic nitrogens is 2. The van der Waals surface area contributed by atoms with Gasteiger partial charge in [-0.25, -0.2) is 8.42 Å². The molecule has 0 aliphatic carbocycles. The molecule has 29 heavy (non-hydrogen) atoms. The van der Waals surface area contributed by atoms with Gasteiger partial charge in [-0.15, -0.1) is 10.2 Å². The first-order chi connectivity index (χ1) is 13.5. The van der Waals surface area contributed by atoms with E-state index in [1.54, 1.807) is 18.2 Å². The first-order valence-electron chi connectivity index (χ1n) is 9.72. The van der Waals surface area contributed by atoms with Crippen molar-refractivity contribution < 1.29 is 13.2 Å². The van der Waals surface area contributed by atoms with Crippen LogP contribution >= 0.6 is 11.3 Å². The van der Waals surface area contributed by atoms with Crippen molar-refractivity contribution in [2.75, 3.05) is 18.4 Å². The Morgan fingerprint density at radius 3 is 2.41 bits per heavy atom. The largest absolute Gasteiger partial charge is 0.296 e. The van der Waals surface area contributed by atoms with Gasteiger partial charge in [0.2, 0.25) is 15.2 Å². The predicted molar refractivity (Wildman–Crippen MR) is 115 cm³/mol. The normalized spacial score (nSPS) is 21.1. The number of sulfonamides is 1. The molecule has 2 atom stereocenters. The summed E-state index contributed by atoms with van der Waals surface area (Å²) in [6, 6.07) is 6.17. The van der Waals surface area contributed by atoms with Gasteiger partial charge in [0.05, 0.1) is 4.90 Å². The van der Waals surface area contributed by atoms with Crippen molar-refractivity contribution in [3.8, 4) is 0 Å². The van der Waals surface area contributed by atoms with Gasteiger partial charge >= 0.3 is 0 Å². The topological polar surface area (TPSA) is 92.3 Å². The molecule has 3 rings (SSSR count). The monoisotopic (exact) mass is 436 g/mol. The summed E-state index contributed by atoms with van der Waals surface area (Å²) >= 11 is 1.32. The number of carbonyl (C=O) groups is 1. The molecule has 1 aliphatic heterocycles. The summed E-state index contributed by atoms with van der Waals surface area (Å²) < 4.78 is 27.7. The van der Waals surface area contributed by atoms with Crippen LogP contribution in [0.15, 0.2) is 29.2 Å². The van der Waals surface area contributed by atoms with Crippen molar-refractivity contribution >= 4 is 32.4 Å². The van der Waals surface area contributed by atoms with Crippen LogP contribution in [0.5, 0.6) is 0 Å². The average Bonchev–Trinajstić information content (AvgIpc) is 3.10. The Morgan fingerprint density at radius 2 is 1.83 bits per heavy atom. The zero-order valence-corrected chi connectivity index (χ0v) is 19.1. The summed E-state index contributed by atoms with van der Waals surface area (Å²) in [7, 11) is -3.64. The minimum atomic E-state index is -3.64. The van der Waals surface area contributed by atoms with Gasteiger partial charge in [0.1, 0.15) is 5.01 Å². The Balaban J connectivity index is 1.80. The standard InChI is InChI=1S/C20H28N4O3S2/c1-13-9-14(2)12-24(11-13)29(26,27)16-8-6-7-15(10-16)17(25)21-19-23-22-18(28-19)20(3,4)5/h6-8,10,13-14H,9,11-12H2,1-5H3,(H,21,23,25). The molecule has 1 aromatic heterocycles. The number of carbonyl (C=O) groups excluding carboxylic acids is 1. The van der Waals surface area contributed by atoms with E-state index in [1.807, 2.05) is 20.8 Å². The zero-order valence-electron chi connectivity index (χ0n) is 17.5. The minimum Gasteiger partial charge on any atom is -0.296 e. The fraction of sp³-hybridized carbons (Fsp3) is 0.550. The summed E-state index contributed by atoms with van der Waals surface area (Å²) in [5.74, 6) is 0.225. The molecule has 2 aromatic rings. The van der Waals surface area contributed by atoms with Crippen LogP contribution in [0.2, 0.25) is 0 Å².